The van der Waals surface area contributed by atoms with E-state index in [9.17, 15) is 12.8 Å². The van der Waals surface area contributed by atoms with Crippen molar-refractivity contribution in [2.45, 2.75) is 13.0 Å². The Morgan fingerprint density at radius 3 is 2.76 bits per heavy atom. The Morgan fingerprint density at radius 2 is 2.08 bits per heavy atom. The van der Waals surface area contributed by atoms with Crippen molar-refractivity contribution in [1.82, 2.24) is 13.9 Å². The molecule has 0 aliphatic carbocycles. The Hall–Kier alpha value is -1.77. The molecule has 0 amide bonds. The van der Waals surface area contributed by atoms with Gasteiger partial charge in [-0.25, -0.2) is 22.1 Å². The molecule has 1 aromatic carbocycles. The van der Waals surface area contributed by atoms with E-state index in [1.165, 1.54) is 30.5 Å². The minimum Gasteiger partial charge on any atom is -0.379 e. The molecule has 136 valence electrons. The number of aryl methyl sites for hydroxylation is 1. The van der Waals surface area contributed by atoms with Crippen molar-refractivity contribution >= 4 is 10.0 Å². The maximum Gasteiger partial charge on any atom is 0.214 e. The Labute approximate surface area is 147 Å². The molecule has 2 aromatic rings. The van der Waals surface area contributed by atoms with Gasteiger partial charge in [-0.3, -0.25) is 0 Å². The molecule has 0 radical (unpaired) electrons. The number of nitrogens with zero attached hydrogens (tertiary/aromatic N) is 3. The molecular weight excluding hydrogens is 345 g/mol. The number of hydrogen-bond donors (Lipinski definition) is 0. The van der Waals surface area contributed by atoms with Crippen LogP contribution in [0.1, 0.15) is 11.6 Å². The summed E-state index contributed by atoms with van der Waals surface area (Å²) in [5, 5.41) is 0. The van der Waals surface area contributed by atoms with Gasteiger partial charge < -0.3 is 9.30 Å². The van der Waals surface area contributed by atoms with E-state index in [1.54, 1.807) is 12.4 Å². The maximum absolute atomic E-state index is 13.8. The van der Waals surface area contributed by atoms with E-state index in [0.717, 1.165) is 5.56 Å². The van der Waals surface area contributed by atoms with E-state index in [1.807, 2.05) is 17.6 Å². The maximum atomic E-state index is 13.8. The summed E-state index contributed by atoms with van der Waals surface area (Å²) in [5.74, 6) is 0.115. The van der Waals surface area contributed by atoms with Crippen LogP contribution in [0.3, 0.4) is 0 Å². The minimum atomic E-state index is -3.34. The quantitative estimate of drug-likeness (QED) is 0.812. The Kier molecular flexibility index (Phi) is 4.95. The van der Waals surface area contributed by atoms with Crippen LogP contribution in [-0.4, -0.2) is 55.3 Å². The van der Waals surface area contributed by atoms with Crippen molar-refractivity contribution in [3.63, 3.8) is 0 Å². The third kappa shape index (κ3) is 3.75. The molecule has 0 unspecified atom stereocenters. The molecule has 1 fully saturated rings. The van der Waals surface area contributed by atoms with Crippen molar-refractivity contribution in [3.8, 4) is 11.4 Å². The third-order valence-corrected chi connectivity index (χ3v) is 6.43. The van der Waals surface area contributed by atoms with E-state index in [4.69, 9.17) is 4.74 Å². The third-order valence-electron chi connectivity index (χ3n) is 4.47. The highest BCUT2D eigenvalue weighted by molar-refractivity contribution is 7.89. The van der Waals surface area contributed by atoms with Gasteiger partial charge in [0.05, 0.1) is 25.0 Å². The van der Waals surface area contributed by atoms with E-state index >= 15 is 0 Å². The van der Waals surface area contributed by atoms with Gasteiger partial charge in [0.15, 0.2) is 0 Å². The number of ether oxygens (including phenoxy) is 1. The van der Waals surface area contributed by atoms with Crippen LogP contribution in [0.4, 0.5) is 4.39 Å². The molecule has 25 heavy (non-hydrogen) atoms. The molecule has 6 nitrogen and oxygen atoms in total. The molecule has 0 saturated carbocycles. The van der Waals surface area contributed by atoms with Crippen LogP contribution in [0, 0.1) is 18.7 Å². The second-order valence-electron chi connectivity index (χ2n) is 6.60. The lowest BCUT2D eigenvalue weighted by molar-refractivity contribution is 0.182. The molecule has 2 atom stereocenters. The summed E-state index contributed by atoms with van der Waals surface area (Å²) in [5.41, 5.74) is 1.47. The summed E-state index contributed by atoms with van der Waals surface area (Å²) in [6, 6.07) is 4.61. The van der Waals surface area contributed by atoms with Gasteiger partial charge in [0.25, 0.3) is 0 Å². The first kappa shape index (κ1) is 18.0. The molecule has 8 heteroatoms. The summed E-state index contributed by atoms with van der Waals surface area (Å²) in [7, 11) is -0.285. The molecule has 2 heterocycles. The van der Waals surface area contributed by atoms with Gasteiger partial charge in [-0.15, -0.1) is 0 Å². The number of aromatic nitrogens is 2. The predicted molar refractivity (Wildman–Crippen MR) is 93.2 cm³/mol. The zero-order valence-corrected chi connectivity index (χ0v) is 15.3. The van der Waals surface area contributed by atoms with Crippen molar-refractivity contribution in [2.24, 2.45) is 5.92 Å². The number of sulfonamides is 1. The fraction of sp³-hybridized carbons (Fsp3) is 0.471. The second-order valence-corrected chi connectivity index (χ2v) is 8.83. The highest BCUT2D eigenvalue weighted by Gasteiger charge is 2.35. The first-order valence-corrected chi connectivity index (χ1v) is 9.67. The first-order chi connectivity index (χ1) is 11.8. The zero-order valence-electron chi connectivity index (χ0n) is 14.5. The molecule has 0 bridgehead atoms. The Balaban J connectivity index is 1.93. The van der Waals surface area contributed by atoms with Crippen molar-refractivity contribution in [2.75, 3.05) is 33.1 Å². The van der Waals surface area contributed by atoms with Gasteiger partial charge in [-0.05, 0) is 30.7 Å². The lowest BCUT2D eigenvalue weighted by Gasteiger charge is -2.22. The average Bonchev–Trinajstić information content (AvgIpc) is 3.13. The molecular formula is C17H22FN3O3S. The minimum absolute atomic E-state index is 0.00443. The molecule has 1 saturated heterocycles. The molecule has 0 N–H and O–H groups in total. The van der Waals surface area contributed by atoms with Crippen LogP contribution in [0.15, 0.2) is 30.6 Å². The molecule has 0 spiro atoms. The summed E-state index contributed by atoms with van der Waals surface area (Å²) >= 11 is 0. The number of hydrogen-bond acceptors (Lipinski definition) is 4. The van der Waals surface area contributed by atoms with Crippen LogP contribution >= 0.6 is 0 Å². The average molecular weight is 367 g/mol. The van der Waals surface area contributed by atoms with Crippen LogP contribution in [-0.2, 0) is 14.8 Å². The lowest BCUT2D eigenvalue weighted by atomic mass is 10.0. The Morgan fingerprint density at radius 1 is 1.32 bits per heavy atom. The fourth-order valence-corrected chi connectivity index (χ4v) is 4.30. The van der Waals surface area contributed by atoms with Gasteiger partial charge in [0.2, 0.25) is 10.0 Å². The monoisotopic (exact) mass is 367 g/mol. The Bertz CT molecular complexity index is 844. The number of imidazole rings is 1. The van der Waals surface area contributed by atoms with Gasteiger partial charge >= 0.3 is 0 Å². The van der Waals surface area contributed by atoms with E-state index in [0.29, 0.717) is 24.6 Å². The first-order valence-electron chi connectivity index (χ1n) is 8.06. The SMILES string of the molecule is Cc1cc(F)cc(-c2nccn2[C@@H]2COC[C@H]2CS(=O)(=O)N(C)C)c1. The summed E-state index contributed by atoms with van der Waals surface area (Å²) in [6.45, 7) is 2.60. The fourth-order valence-electron chi connectivity index (χ4n) is 3.14. The van der Waals surface area contributed by atoms with Crippen LogP contribution in [0.2, 0.25) is 0 Å². The molecule has 1 aliphatic heterocycles. The van der Waals surface area contributed by atoms with Gasteiger partial charge in [-0.1, -0.05) is 0 Å². The van der Waals surface area contributed by atoms with Crippen molar-refractivity contribution < 1.29 is 17.5 Å². The highest BCUT2D eigenvalue weighted by Crippen LogP contribution is 2.32. The highest BCUT2D eigenvalue weighted by atomic mass is 32.2. The van der Waals surface area contributed by atoms with Gasteiger partial charge in [0, 0.05) is 38.0 Å². The van der Waals surface area contributed by atoms with Crippen LogP contribution in [0.25, 0.3) is 11.4 Å². The predicted octanol–water partition coefficient (Wildman–Crippen LogP) is 2.08. The van der Waals surface area contributed by atoms with Crippen molar-refractivity contribution in [1.29, 1.82) is 0 Å². The zero-order chi connectivity index (χ0) is 18.2. The van der Waals surface area contributed by atoms with Crippen LogP contribution in [0.5, 0.6) is 0 Å². The summed E-state index contributed by atoms with van der Waals surface area (Å²) < 4.78 is 46.9. The lowest BCUT2D eigenvalue weighted by Crippen LogP contribution is -2.32. The normalized spacial score (nSPS) is 21.2. The van der Waals surface area contributed by atoms with Gasteiger partial charge in [-0.2, -0.15) is 0 Å². The second kappa shape index (κ2) is 6.86. The van der Waals surface area contributed by atoms with Gasteiger partial charge in [0.1, 0.15) is 11.6 Å². The van der Waals surface area contributed by atoms with Crippen LogP contribution < -0.4 is 0 Å². The molecule has 1 aromatic heterocycles. The number of rotatable bonds is 5. The standard InChI is InChI=1S/C17H22FN3O3S/c1-12-6-13(8-15(18)7-12)17-19-4-5-21(17)16-10-24-9-14(16)11-25(22,23)20(2)3/h4-8,14,16H,9-11H2,1-3H3/t14-,16+/m0/s1. The summed E-state index contributed by atoms with van der Waals surface area (Å²) in [6.07, 6.45) is 3.44. The van der Waals surface area contributed by atoms with E-state index in [2.05, 4.69) is 4.98 Å². The van der Waals surface area contributed by atoms with E-state index < -0.39 is 10.0 Å². The topological polar surface area (TPSA) is 64.4 Å². The largest absolute Gasteiger partial charge is 0.379 e. The number of benzene rings is 1. The molecule has 3 rings (SSSR count). The number of halogens is 1. The van der Waals surface area contributed by atoms with E-state index in [-0.39, 0.29) is 23.5 Å². The molecule has 1 aliphatic rings. The smallest absolute Gasteiger partial charge is 0.214 e. The van der Waals surface area contributed by atoms with Crippen molar-refractivity contribution in [3.05, 3.63) is 42.0 Å². The summed E-state index contributed by atoms with van der Waals surface area (Å²) in [4.78, 5) is 4.36.